The molecule has 0 aliphatic carbocycles. The van der Waals surface area contributed by atoms with Crippen LogP contribution in [0.2, 0.25) is 0 Å². The fraction of sp³-hybridized carbons (Fsp3) is 0.923. The Hall–Kier alpha value is -0.280. The largest absolute Gasteiger partial charge is 0.341 e. The van der Waals surface area contributed by atoms with Crippen molar-refractivity contribution in [3.05, 3.63) is 0 Å². The van der Waals surface area contributed by atoms with Gasteiger partial charge in [0.15, 0.2) is 0 Å². The Kier molecular flexibility index (Phi) is 4.69. The van der Waals surface area contributed by atoms with Crippen molar-refractivity contribution in [2.45, 2.75) is 38.0 Å². The Bertz CT molecular complexity index is 256. The van der Waals surface area contributed by atoms with Crippen LogP contribution in [0.5, 0.6) is 0 Å². The third kappa shape index (κ3) is 3.59. The molecule has 98 valence electrons. The summed E-state index contributed by atoms with van der Waals surface area (Å²) in [6.45, 7) is 7.34. The highest BCUT2D eigenvalue weighted by atomic mass is 35.5. The molecule has 2 rings (SSSR count). The van der Waals surface area contributed by atoms with Gasteiger partial charge >= 0.3 is 0 Å². The second kappa shape index (κ2) is 6.05. The van der Waals surface area contributed by atoms with E-state index in [9.17, 15) is 4.79 Å². The Morgan fingerprint density at radius 1 is 1.24 bits per heavy atom. The van der Waals surface area contributed by atoms with Crippen LogP contribution in [0.3, 0.4) is 0 Å². The van der Waals surface area contributed by atoms with E-state index in [1.807, 2.05) is 4.90 Å². The van der Waals surface area contributed by atoms with E-state index in [4.69, 9.17) is 11.6 Å². The zero-order valence-electron chi connectivity index (χ0n) is 10.7. The van der Waals surface area contributed by atoms with Gasteiger partial charge in [0.25, 0.3) is 0 Å². The summed E-state index contributed by atoms with van der Waals surface area (Å²) in [4.78, 5) is 16.2. The summed E-state index contributed by atoms with van der Waals surface area (Å²) >= 11 is 5.84. The highest BCUT2D eigenvalue weighted by molar-refractivity contribution is 6.30. The molecule has 2 saturated heterocycles. The number of halogens is 1. The predicted molar refractivity (Wildman–Crippen MR) is 70.3 cm³/mol. The molecule has 2 aliphatic rings. The molecule has 1 unspecified atom stereocenters. The monoisotopic (exact) mass is 258 g/mol. The van der Waals surface area contributed by atoms with Crippen LogP contribution in [0.1, 0.15) is 32.6 Å². The van der Waals surface area contributed by atoms with Crippen LogP contribution in [-0.4, -0.2) is 53.8 Å². The molecule has 3 nitrogen and oxygen atoms in total. The van der Waals surface area contributed by atoms with Gasteiger partial charge in [0.1, 0.15) is 5.38 Å². The number of carbonyl (C=O) groups is 1. The summed E-state index contributed by atoms with van der Waals surface area (Å²) in [6, 6.07) is 0. The standard InChI is InChI=1S/C13H23ClN2O/c1-11(14)13(17)16-8-4-12(5-9-16)10-15-6-2-3-7-15/h11-12H,2-10H2,1H3. The topological polar surface area (TPSA) is 23.6 Å². The van der Waals surface area contributed by atoms with Crippen molar-refractivity contribution in [2.75, 3.05) is 32.7 Å². The van der Waals surface area contributed by atoms with Crippen molar-refractivity contribution >= 4 is 17.5 Å². The average molecular weight is 259 g/mol. The zero-order valence-corrected chi connectivity index (χ0v) is 11.5. The number of hydrogen-bond acceptors (Lipinski definition) is 2. The first-order chi connectivity index (χ1) is 8.16. The molecule has 0 saturated carbocycles. The van der Waals surface area contributed by atoms with Gasteiger partial charge in [0.05, 0.1) is 0 Å². The van der Waals surface area contributed by atoms with E-state index >= 15 is 0 Å². The maximum absolute atomic E-state index is 11.7. The van der Waals surface area contributed by atoms with Crippen molar-refractivity contribution in [3.8, 4) is 0 Å². The Labute approximate surface area is 109 Å². The second-order valence-corrected chi connectivity index (χ2v) is 6.05. The zero-order chi connectivity index (χ0) is 12.3. The van der Waals surface area contributed by atoms with Gasteiger partial charge in [-0.3, -0.25) is 4.79 Å². The maximum Gasteiger partial charge on any atom is 0.240 e. The van der Waals surface area contributed by atoms with Crippen LogP contribution in [0.4, 0.5) is 0 Å². The van der Waals surface area contributed by atoms with Crippen LogP contribution in [0.25, 0.3) is 0 Å². The average Bonchev–Trinajstić information content (AvgIpc) is 2.82. The van der Waals surface area contributed by atoms with Crippen LogP contribution >= 0.6 is 11.6 Å². The third-order valence-electron chi connectivity index (χ3n) is 3.98. The van der Waals surface area contributed by atoms with Gasteiger partial charge in [0.2, 0.25) is 5.91 Å². The quantitative estimate of drug-likeness (QED) is 0.723. The van der Waals surface area contributed by atoms with Crippen LogP contribution in [-0.2, 0) is 4.79 Å². The number of hydrogen-bond donors (Lipinski definition) is 0. The number of rotatable bonds is 3. The Balaban J connectivity index is 1.72. The van der Waals surface area contributed by atoms with Crippen molar-refractivity contribution in [1.29, 1.82) is 0 Å². The van der Waals surface area contributed by atoms with Gasteiger partial charge in [-0.05, 0) is 51.6 Å². The van der Waals surface area contributed by atoms with Gasteiger partial charge in [-0.2, -0.15) is 0 Å². The normalized spacial score (nSPS) is 25.2. The molecule has 0 aromatic heterocycles. The molecular weight excluding hydrogens is 236 g/mol. The molecule has 2 aliphatic heterocycles. The van der Waals surface area contributed by atoms with Gasteiger partial charge in [-0.15, -0.1) is 11.6 Å². The summed E-state index contributed by atoms with van der Waals surface area (Å²) in [6.07, 6.45) is 5.01. The van der Waals surface area contributed by atoms with Crippen LogP contribution < -0.4 is 0 Å². The lowest BCUT2D eigenvalue weighted by Gasteiger charge is -2.34. The van der Waals surface area contributed by atoms with Crippen LogP contribution in [0.15, 0.2) is 0 Å². The van der Waals surface area contributed by atoms with E-state index in [0.717, 1.165) is 31.8 Å². The number of carbonyl (C=O) groups excluding carboxylic acids is 1. The van der Waals surface area contributed by atoms with Gasteiger partial charge in [0, 0.05) is 19.6 Å². The van der Waals surface area contributed by atoms with E-state index in [-0.39, 0.29) is 11.3 Å². The summed E-state index contributed by atoms with van der Waals surface area (Å²) < 4.78 is 0. The predicted octanol–water partition coefficient (Wildman–Crippen LogP) is 1.95. The third-order valence-corrected chi connectivity index (χ3v) is 4.17. The van der Waals surface area contributed by atoms with Crippen molar-refractivity contribution < 1.29 is 4.79 Å². The summed E-state index contributed by atoms with van der Waals surface area (Å²) in [5.41, 5.74) is 0. The number of alkyl halides is 1. The van der Waals surface area contributed by atoms with Crippen molar-refractivity contribution in [1.82, 2.24) is 9.80 Å². The molecule has 2 fully saturated rings. The number of nitrogens with zero attached hydrogens (tertiary/aromatic N) is 2. The molecule has 0 N–H and O–H groups in total. The maximum atomic E-state index is 11.7. The first-order valence-electron chi connectivity index (χ1n) is 6.82. The smallest absolute Gasteiger partial charge is 0.240 e. The number of piperidine rings is 1. The molecule has 2 heterocycles. The fourth-order valence-electron chi connectivity index (χ4n) is 2.92. The first kappa shape index (κ1) is 13.2. The van der Waals surface area contributed by atoms with Gasteiger partial charge in [-0.25, -0.2) is 0 Å². The highest BCUT2D eigenvalue weighted by Crippen LogP contribution is 2.21. The second-order valence-electron chi connectivity index (χ2n) is 5.39. The van der Waals surface area contributed by atoms with E-state index in [0.29, 0.717) is 0 Å². The lowest BCUT2D eigenvalue weighted by atomic mass is 9.96. The Morgan fingerprint density at radius 3 is 2.35 bits per heavy atom. The lowest BCUT2D eigenvalue weighted by Crippen LogP contribution is -2.43. The molecule has 17 heavy (non-hydrogen) atoms. The number of likely N-dealkylation sites (tertiary alicyclic amines) is 2. The number of amides is 1. The fourth-order valence-corrected chi connectivity index (χ4v) is 3.06. The summed E-state index contributed by atoms with van der Waals surface area (Å²) in [5.74, 6) is 0.883. The molecule has 0 aromatic rings. The summed E-state index contributed by atoms with van der Waals surface area (Å²) in [5, 5.41) is -0.370. The minimum Gasteiger partial charge on any atom is -0.341 e. The van der Waals surface area contributed by atoms with E-state index in [1.54, 1.807) is 6.92 Å². The summed E-state index contributed by atoms with van der Waals surface area (Å²) in [7, 11) is 0. The van der Waals surface area contributed by atoms with E-state index in [2.05, 4.69) is 4.90 Å². The molecule has 1 atom stereocenters. The minimum absolute atomic E-state index is 0.103. The van der Waals surface area contributed by atoms with Gasteiger partial charge in [-0.1, -0.05) is 0 Å². The molecule has 0 spiro atoms. The molecule has 1 amide bonds. The van der Waals surface area contributed by atoms with Crippen molar-refractivity contribution in [2.24, 2.45) is 5.92 Å². The molecule has 0 aromatic carbocycles. The molecule has 4 heteroatoms. The van der Waals surface area contributed by atoms with Crippen LogP contribution in [0, 0.1) is 5.92 Å². The van der Waals surface area contributed by atoms with Crippen molar-refractivity contribution in [3.63, 3.8) is 0 Å². The van der Waals surface area contributed by atoms with Gasteiger partial charge < -0.3 is 9.80 Å². The molecule has 0 bridgehead atoms. The van der Waals surface area contributed by atoms with E-state index in [1.165, 1.54) is 32.5 Å². The molecular formula is C13H23ClN2O. The van der Waals surface area contributed by atoms with E-state index < -0.39 is 0 Å². The first-order valence-corrected chi connectivity index (χ1v) is 7.25. The minimum atomic E-state index is -0.370. The lowest BCUT2D eigenvalue weighted by molar-refractivity contribution is -0.131. The SMILES string of the molecule is CC(Cl)C(=O)N1CCC(CN2CCCC2)CC1. The highest BCUT2D eigenvalue weighted by Gasteiger charge is 2.26. The molecule has 0 radical (unpaired) electrons. The Morgan fingerprint density at radius 2 is 1.82 bits per heavy atom.